The maximum atomic E-state index is 8.83. The lowest BCUT2D eigenvalue weighted by Gasteiger charge is -2.25. The Bertz CT molecular complexity index is 111. The number of hydrogen-bond donors (Lipinski definition) is 4. The van der Waals surface area contributed by atoms with Gasteiger partial charge in [0.1, 0.15) is 0 Å². The number of hydrogen-bond acceptors (Lipinski definition) is 4. The van der Waals surface area contributed by atoms with Gasteiger partial charge in [-0.3, -0.25) is 0 Å². The van der Waals surface area contributed by atoms with Crippen LogP contribution in [0.15, 0.2) is 0 Å². The Morgan fingerprint density at radius 2 is 1.83 bits per heavy atom. The molecule has 0 aliphatic carbocycles. The minimum atomic E-state index is -2.59. The second kappa shape index (κ2) is 5.48. The summed E-state index contributed by atoms with van der Waals surface area (Å²) < 4.78 is 0. The van der Waals surface area contributed by atoms with Gasteiger partial charge in [0.2, 0.25) is 0 Å². The molecule has 0 rings (SSSR count). The van der Waals surface area contributed by atoms with Crippen molar-refractivity contribution in [2.24, 2.45) is 0 Å². The summed E-state index contributed by atoms with van der Waals surface area (Å²) in [5, 5.41) is 29.3. The summed E-state index contributed by atoms with van der Waals surface area (Å²) in [6, 6.07) is -0.663. The first-order valence-electron chi connectivity index (χ1n) is 4.42. The van der Waals surface area contributed by atoms with E-state index in [0.717, 1.165) is 12.8 Å². The maximum Gasteiger partial charge on any atom is 0.291 e. The SMILES string of the molecule is CCCCNC(CC)C(O)(O)O. The molecule has 0 heterocycles. The molecule has 12 heavy (non-hydrogen) atoms. The monoisotopic (exact) mass is 177 g/mol. The molecule has 0 saturated carbocycles. The molecule has 4 nitrogen and oxygen atoms in total. The molecular formula is C8H19NO3. The smallest absolute Gasteiger partial charge is 0.291 e. The highest BCUT2D eigenvalue weighted by atomic mass is 16.7. The Morgan fingerprint density at radius 3 is 2.17 bits per heavy atom. The normalized spacial score (nSPS) is 14.8. The predicted molar refractivity (Wildman–Crippen MR) is 46.4 cm³/mol. The van der Waals surface area contributed by atoms with Crippen molar-refractivity contribution >= 4 is 0 Å². The van der Waals surface area contributed by atoms with Crippen LogP contribution >= 0.6 is 0 Å². The van der Waals surface area contributed by atoms with Crippen molar-refractivity contribution in [3.05, 3.63) is 0 Å². The van der Waals surface area contributed by atoms with Crippen molar-refractivity contribution < 1.29 is 15.3 Å². The van der Waals surface area contributed by atoms with Gasteiger partial charge in [0, 0.05) is 0 Å². The van der Waals surface area contributed by atoms with Crippen LogP contribution in [0, 0.1) is 0 Å². The van der Waals surface area contributed by atoms with Gasteiger partial charge in [-0.1, -0.05) is 20.3 Å². The zero-order chi connectivity index (χ0) is 9.61. The molecule has 0 fully saturated rings. The third kappa shape index (κ3) is 4.66. The van der Waals surface area contributed by atoms with Gasteiger partial charge in [-0.2, -0.15) is 0 Å². The summed E-state index contributed by atoms with van der Waals surface area (Å²) in [5.41, 5.74) is 0. The zero-order valence-corrected chi connectivity index (χ0v) is 7.75. The molecule has 0 radical (unpaired) electrons. The molecule has 0 aromatic rings. The van der Waals surface area contributed by atoms with Crippen LogP contribution in [0.5, 0.6) is 0 Å². The molecule has 4 N–H and O–H groups in total. The van der Waals surface area contributed by atoms with E-state index in [1.165, 1.54) is 0 Å². The largest absolute Gasteiger partial charge is 0.342 e. The highest BCUT2D eigenvalue weighted by Gasteiger charge is 2.29. The molecule has 0 amide bonds. The minimum Gasteiger partial charge on any atom is -0.342 e. The Labute approximate surface area is 73.2 Å². The first-order valence-corrected chi connectivity index (χ1v) is 4.42. The van der Waals surface area contributed by atoms with E-state index in [2.05, 4.69) is 5.32 Å². The maximum absolute atomic E-state index is 8.83. The number of nitrogens with one attached hydrogen (secondary N) is 1. The lowest BCUT2D eigenvalue weighted by molar-refractivity contribution is -0.327. The minimum absolute atomic E-state index is 0.479. The molecule has 74 valence electrons. The van der Waals surface area contributed by atoms with E-state index < -0.39 is 12.0 Å². The molecule has 1 unspecified atom stereocenters. The Hall–Kier alpha value is -0.160. The first kappa shape index (κ1) is 11.8. The van der Waals surface area contributed by atoms with Crippen molar-refractivity contribution in [2.75, 3.05) is 6.54 Å². The summed E-state index contributed by atoms with van der Waals surface area (Å²) in [4.78, 5) is 0. The molecule has 0 saturated heterocycles. The van der Waals surface area contributed by atoms with Crippen LogP contribution in [-0.2, 0) is 0 Å². The Morgan fingerprint density at radius 1 is 1.25 bits per heavy atom. The number of unbranched alkanes of at least 4 members (excludes halogenated alkanes) is 1. The average Bonchev–Trinajstić information content (AvgIpc) is 1.95. The van der Waals surface area contributed by atoms with Crippen LogP contribution in [0.1, 0.15) is 33.1 Å². The van der Waals surface area contributed by atoms with Crippen molar-refractivity contribution in [1.82, 2.24) is 5.32 Å². The molecule has 0 spiro atoms. The molecule has 4 heteroatoms. The van der Waals surface area contributed by atoms with Crippen molar-refractivity contribution in [3.8, 4) is 0 Å². The summed E-state index contributed by atoms with van der Waals surface area (Å²) >= 11 is 0. The summed E-state index contributed by atoms with van der Waals surface area (Å²) in [5.74, 6) is -2.59. The van der Waals surface area contributed by atoms with E-state index in [0.29, 0.717) is 13.0 Å². The van der Waals surface area contributed by atoms with Gasteiger partial charge in [0.25, 0.3) is 5.97 Å². The summed E-state index contributed by atoms with van der Waals surface area (Å²) in [6.45, 7) is 4.52. The van der Waals surface area contributed by atoms with E-state index >= 15 is 0 Å². The fourth-order valence-electron chi connectivity index (χ4n) is 1.01. The topological polar surface area (TPSA) is 72.7 Å². The van der Waals surface area contributed by atoms with Crippen molar-refractivity contribution in [1.29, 1.82) is 0 Å². The molecule has 0 aromatic carbocycles. The van der Waals surface area contributed by atoms with Crippen LogP contribution in [-0.4, -0.2) is 33.9 Å². The van der Waals surface area contributed by atoms with E-state index in [1.807, 2.05) is 6.92 Å². The molecule has 0 aliphatic heterocycles. The second-order valence-electron chi connectivity index (χ2n) is 2.96. The van der Waals surface area contributed by atoms with Crippen LogP contribution < -0.4 is 5.32 Å². The standard InChI is InChI=1S/C8H19NO3/c1-3-5-6-9-7(4-2)8(10,11)12/h7,9-12H,3-6H2,1-2H3. The van der Waals surface area contributed by atoms with Gasteiger partial charge in [-0.15, -0.1) is 0 Å². The Kier molecular flexibility index (Phi) is 5.41. The predicted octanol–water partition coefficient (Wildman–Crippen LogP) is -0.215. The van der Waals surface area contributed by atoms with Crippen molar-refractivity contribution in [3.63, 3.8) is 0 Å². The van der Waals surface area contributed by atoms with Gasteiger partial charge >= 0.3 is 0 Å². The quantitative estimate of drug-likeness (QED) is 0.334. The third-order valence-electron chi connectivity index (χ3n) is 1.80. The van der Waals surface area contributed by atoms with Gasteiger partial charge in [-0.05, 0) is 19.4 Å². The summed E-state index contributed by atoms with van der Waals surface area (Å²) in [6.07, 6.45) is 2.48. The molecule has 0 aromatic heterocycles. The van der Waals surface area contributed by atoms with E-state index in [4.69, 9.17) is 15.3 Å². The zero-order valence-electron chi connectivity index (χ0n) is 7.75. The highest BCUT2D eigenvalue weighted by Crippen LogP contribution is 2.05. The van der Waals surface area contributed by atoms with Gasteiger partial charge < -0.3 is 20.6 Å². The fraction of sp³-hybridized carbons (Fsp3) is 1.00. The van der Waals surface area contributed by atoms with E-state index in [-0.39, 0.29) is 0 Å². The summed E-state index contributed by atoms with van der Waals surface area (Å²) in [7, 11) is 0. The first-order chi connectivity index (χ1) is 5.52. The lowest BCUT2D eigenvalue weighted by Crippen LogP contribution is -2.50. The molecule has 0 bridgehead atoms. The van der Waals surface area contributed by atoms with E-state index in [1.54, 1.807) is 6.92 Å². The van der Waals surface area contributed by atoms with Gasteiger partial charge in [0.05, 0.1) is 6.04 Å². The van der Waals surface area contributed by atoms with E-state index in [9.17, 15) is 0 Å². The second-order valence-corrected chi connectivity index (χ2v) is 2.96. The van der Waals surface area contributed by atoms with Crippen LogP contribution in [0.25, 0.3) is 0 Å². The van der Waals surface area contributed by atoms with Crippen LogP contribution in [0.2, 0.25) is 0 Å². The lowest BCUT2D eigenvalue weighted by atomic mass is 10.2. The molecule has 1 atom stereocenters. The highest BCUT2D eigenvalue weighted by molar-refractivity contribution is 4.71. The molecule has 0 aliphatic rings. The van der Waals surface area contributed by atoms with Gasteiger partial charge in [0.15, 0.2) is 0 Å². The molecular weight excluding hydrogens is 158 g/mol. The Balaban J connectivity index is 3.68. The number of rotatable bonds is 6. The van der Waals surface area contributed by atoms with Crippen molar-refractivity contribution in [2.45, 2.75) is 45.1 Å². The van der Waals surface area contributed by atoms with Crippen LogP contribution in [0.3, 0.4) is 0 Å². The fourth-order valence-corrected chi connectivity index (χ4v) is 1.01. The van der Waals surface area contributed by atoms with Gasteiger partial charge in [-0.25, -0.2) is 0 Å². The average molecular weight is 177 g/mol. The number of aliphatic hydroxyl groups is 3. The third-order valence-corrected chi connectivity index (χ3v) is 1.80. The van der Waals surface area contributed by atoms with Crippen LogP contribution in [0.4, 0.5) is 0 Å².